The van der Waals surface area contributed by atoms with Crippen molar-refractivity contribution in [3.05, 3.63) is 77.4 Å². The summed E-state index contributed by atoms with van der Waals surface area (Å²) in [4.78, 5) is 22.7. The van der Waals surface area contributed by atoms with Crippen LogP contribution in [0.3, 0.4) is 0 Å². The number of anilines is 1. The zero-order valence-electron chi connectivity index (χ0n) is 14.9. The molecule has 3 heterocycles. The molecule has 4 rings (SSSR count). The summed E-state index contributed by atoms with van der Waals surface area (Å²) in [6.45, 7) is 3.96. The molecule has 0 aliphatic carbocycles. The molecule has 0 atom stereocenters. The van der Waals surface area contributed by atoms with Gasteiger partial charge in [0.25, 0.3) is 5.91 Å². The van der Waals surface area contributed by atoms with Crippen LogP contribution in [0.15, 0.2) is 65.8 Å². The summed E-state index contributed by atoms with van der Waals surface area (Å²) < 4.78 is 5.39. The predicted octanol–water partition coefficient (Wildman–Crippen LogP) is 5.33. The van der Waals surface area contributed by atoms with Gasteiger partial charge in [0.05, 0.1) is 11.1 Å². The quantitative estimate of drug-likeness (QED) is 0.523. The van der Waals surface area contributed by atoms with Gasteiger partial charge in [-0.05, 0) is 54.8 Å². The van der Waals surface area contributed by atoms with Gasteiger partial charge in [-0.15, -0.1) is 11.3 Å². The predicted molar refractivity (Wildman–Crippen MR) is 107 cm³/mol. The Labute approximate surface area is 160 Å². The molecule has 134 valence electrons. The summed E-state index contributed by atoms with van der Waals surface area (Å²) in [6.07, 6.45) is 6.46. The Bertz CT molecular complexity index is 1080. The fourth-order valence-electron chi connectivity index (χ4n) is 2.89. The fraction of sp³-hybridized carbons (Fsp3) is 0.0952. The molecule has 1 N–H and O–H groups in total. The van der Waals surface area contributed by atoms with Gasteiger partial charge in [0.1, 0.15) is 0 Å². The smallest absolute Gasteiger partial charge is 0.256 e. The Kier molecular flexibility index (Phi) is 4.56. The molecule has 27 heavy (non-hydrogen) atoms. The number of nitrogens with zero attached hydrogens (tertiary/aromatic N) is 2. The van der Waals surface area contributed by atoms with Gasteiger partial charge in [-0.25, -0.2) is 4.98 Å². The van der Waals surface area contributed by atoms with Gasteiger partial charge in [-0.1, -0.05) is 12.1 Å². The highest BCUT2D eigenvalue weighted by molar-refractivity contribution is 7.15. The van der Waals surface area contributed by atoms with Crippen LogP contribution in [0.2, 0.25) is 0 Å². The zero-order chi connectivity index (χ0) is 18.8. The van der Waals surface area contributed by atoms with E-state index in [1.807, 2.05) is 31.2 Å². The summed E-state index contributed by atoms with van der Waals surface area (Å²) in [6, 6.07) is 11.7. The molecule has 0 saturated heterocycles. The number of aryl methyl sites for hydroxylation is 2. The molecule has 0 aliphatic rings. The molecule has 0 fully saturated rings. The van der Waals surface area contributed by atoms with Crippen molar-refractivity contribution in [2.45, 2.75) is 13.8 Å². The van der Waals surface area contributed by atoms with Crippen molar-refractivity contribution in [2.24, 2.45) is 0 Å². The Hall–Kier alpha value is -3.25. The van der Waals surface area contributed by atoms with Gasteiger partial charge in [0.2, 0.25) is 0 Å². The first kappa shape index (κ1) is 17.2. The molecule has 0 radical (unpaired) electrons. The molecule has 5 nitrogen and oxygen atoms in total. The average molecular weight is 375 g/mol. The number of rotatable bonds is 4. The van der Waals surface area contributed by atoms with Crippen LogP contribution in [0.4, 0.5) is 5.69 Å². The Balaban J connectivity index is 1.55. The van der Waals surface area contributed by atoms with Crippen molar-refractivity contribution in [2.75, 3.05) is 5.32 Å². The minimum atomic E-state index is -0.137. The highest BCUT2D eigenvalue weighted by Crippen LogP contribution is 2.36. The molecule has 6 heteroatoms. The molecule has 0 spiro atoms. The lowest BCUT2D eigenvalue weighted by Gasteiger charge is -2.08. The van der Waals surface area contributed by atoms with E-state index in [9.17, 15) is 4.79 Å². The Morgan fingerprint density at radius 3 is 2.59 bits per heavy atom. The van der Waals surface area contributed by atoms with Crippen LogP contribution in [0.1, 0.15) is 20.8 Å². The lowest BCUT2D eigenvalue weighted by Crippen LogP contribution is -2.13. The number of nitrogens with one attached hydrogen (secondary N) is 1. The zero-order valence-corrected chi connectivity index (χ0v) is 15.7. The molecule has 0 bridgehead atoms. The molecule has 1 amide bonds. The SMILES string of the molecule is Cc1cnccc1C(=O)Nc1ccc(-c2cc(-c3cnco3)sc2C)cc1. The summed E-state index contributed by atoms with van der Waals surface area (Å²) in [5, 5.41) is 2.93. The molecule has 0 saturated carbocycles. The van der Waals surface area contributed by atoms with E-state index in [0.29, 0.717) is 5.56 Å². The van der Waals surface area contributed by atoms with Gasteiger partial charge in [0, 0.05) is 28.5 Å². The van der Waals surface area contributed by atoms with Crippen molar-refractivity contribution in [3.8, 4) is 21.8 Å². The topological polar surface area (TPSA) is 68.0 Å². The Morgan fingerprint density at radius 1 is 1.07 bits per heavy atom. The summed E-state index contributed by atoms with van der Waals surface area (Å²) in [7, 11) is 0. The van der Waals surface area contributed by atoms with Crippen LogP contribution in [-0.4, -0.2) is 15.9 Å². The molecule has 4 aromatic rings. The highest BCUT2D eigenvalue weighted by atomic mass is 32.1. The van der Waals surface area contributed by atoms with Crippen molar-refractivity contribution in [1.82, 2.24) is 9.97 Å². The van der Waals surface area contributed by atoms with Crippen LogP contribution in [-0.2, 0) is 0 Å². The van der Waals surface area contributed by atoms with Crippen LogP contribution in [0, 0.1) is 13.8 Å². The van der Waals surface area contributed by atoms with Crippen LogP contribution < -0.4 is 5.32 Å². The minimum Gasteiger partial charge on any atom is -0.443 e. The van der Waals surface area contributed by atoms with Crippen molar-refractivity contribution < 1.29 is 9.21 Å². The van der Waals surface area contributed by atoms with E-state index < -0.39 is 0 Å². The van der Waals surface area contributed by atoms with Crippen molar-refractivity contribution >= 4 is 22.9 Å². The number of carbonyl (C=O) groups is 1. The molecule has 1 aromatic carbocycles. The molecular weight excluding hydrogens is 358 g/mol. The van der Waals surface area contributed by atoms with Gasteiger partial charge in [-0.3, -0.25) is 9.78 Å². The summed E-state index contributed by atoms with van der Waals surface area (Å²) in [5.41, 5.74) is 4.46. The maximum Gasteiger partial charge on any atom is 0.256 e. The van der Waals surface area contributed by atoms with Gasteiger partial charge >= 0.3 is 0 Å². The number of oxazole rings is 1. The molecule has 3 aromatic heterocycles. The second kappa shape index (κ2) is 7.17. The lowest BCUT2D eigenvalue weighted by molar-refractivity contribution is 0.102. The number of carbonyl (C=O) groups excluding carboxylic acids is 1. The maximum atomic E-state index is 12.4. The first-order valence-corrected chi connectivity index (χ1v) is 9.25. The van der Waals surface area contributed by atoms with E-state index in [-0.39, 0.29) is 5.91 Å². The van der Waals surface area contributed by atoms with E-state index in [2.05, 4.69) is 28.3 Å². The number of pyridine rings is 1. The van der Waals surface area contributed by atoms with Gasteiger partial charge in [0.15, 0.2) is 12.2 Å². The molecule has 0 unspecified atom stereocenters. The van der Waals surface area contributed by atoms with E-state index in [4.69, 9.17) is 4.42 Å². The van der Waals surface area contributed by atoms with Crippen LogP contribution >= 0.6 is 11.3 Å². The van der Waals surface area contributed by atoms with Crippen molar-refractivity contribution in [3.63, 3.8) is 0 Å². The van der Waals surface area contributed by atoms with Gasteiger partial charge in [-0.2, -0.15) is 0 Å². The first-order chi connectivity index (χ1) is 13.1. The van der Waals surface area contributed by atoms with Crippen LogP contribution in [0.25, 0.3) is 21.8 Å². The largest absolute Gasteiger partial charge is 0.443 e. The average Bonchev–Trinajstić information content (AvgIpc) is 3.32. The number of amides is 1. The maximum absolute atomic E-state index is 12.4. The number of thiophene rings is 1. The molecule has 0 aliphatic heterocycles. The monoisotopic (exact) mass is 375 g/mol. The van der Waals surface area contributed by atoms with Crippen molar-refractivity contribution in [1.29, 1.82) is 0 Å². The van der Waals surface area contributed by atoms with E-state index >= 15 is 0 Å². The number of hydrogen-bond acceptors (Lipinski definition) is 5. The number of benzene rings is 1. The van der Waals surface area contributed by atoms with Crippen LogP contribution in [0.5, 0.6) is 0 Å². The number of aromatic nitrogens is 2. The highest BCUT2D eigenvalue weighted by Gasteiger charge is 2.12. The third-order valence-corrected chi connectivity index (χ3v) is 5.38. The third kappa shape index (κ3) is 3.52. The Morgan fingerprint density at radius 2 is 1.89 bits per heavy atom. The lowest BCUT2D eigenvalue weighted by atomic mass is 10.1. The molecular formula is C21H17N3O2S. The second-order valence-corrected chi connectivity index (χ2v) is 7.42. The van der Waals surface area contributed by atoms with E-state index in [1.165, 1.54) is 11.3 Å². The third-order valence-electron chi connectivity index (χ3n) is 4.31. The first-order valence-electron chi connectivity index (χ1n) is 8.43. The minimum absolute atomic E-state index is 0.137. The standard InChI is InChI=1S/C21H17N3O2S/c1-13-10-22-8-7-17(13)21(25)24-16-5-3-15(4-6-16)18-9-20(27-14(18)2)19-11-23-12-26-19/h3-12H,1-2H3,(H,24,25). The number of hydrogen-bond donors (Lipinski definition) is 1. The fourth-order valence-corrected chi connectivity index (χ4v) is 3.88. The van der Waals surface area contributed by atoms with E-state index in [0.717, 1.165) is 33.0 Å². The second-order valence-electron chi connectivity index (χ2n) is 6.17. The normalized spacial score (nSPS) is 10.7. The summed E-state index contributed by atoms with van der Waals surface area (Å²) in [5.74, 6) is 0.632. The summed E-state index contributed by atoms with van der Waals surface area (Å²) >= 11 is 1.67. The van der Waals surface area contributed by atoms with E-state index in [1.54, 1.807) is 36.0 Å². The van der Waals surface area contributed by atoms with Gasteiger partial charge < -0.3 is 9.73 Å².